The fraction of sp³-hybridized carbons (Fsp3) is 0.300. The van der Waals surface area contributed by atoms with Crippen molar-refractivity contribution in [2.75, 3.05) is 0 Å². The van der Waals surface area contributed by atoms with E-state index in [4.69, 9.17) is 4.42 Å². The topological polar surface area (TPSA) is 11.3 Å². The van der Waals surface area contributed by atoms with Crippen molar-refractivity contribution in [3.63, 3.8) is 0 Å². The van der Waals surface area contributed by atoms with E-state index in [1.54, 1.807) is 0 Å². The second-order valence-corrected chi connectivity index (χ2v) is 4.34. The highest BCUT2D eigenvalue weighted by Crippen LogP contribution is 2.28. The minimum absolute atomic E-state index is 0.988. The largest absolute Gasteiger partial charge is 0.335 e. The summed E-state index contributed by atoms with van der Waals surface area (Å²) in [6.45, 7) is 6.13. The van der Waals surface area contributed by atoms with Crippen LogP contribution in [0.2, 0.25) is 0 Å². The van der Waals surface area contributed by atoms with Crippen molar-refractivity contribution in [2.45, 2.75) is 20.8 Å². The molecule has 0 spiro atoms. The highest BCUT2D eigenvalue weighted by Gasteiger charge is 2.13. The molecule has 0 saturated heterocycles. The summed E-state index contributed by atoms with van der Waals surface area (Å²) in [5, 5.41) is 1.25. The Morgan fingerprint density at radius 2 is 1.92 bits per heavy atom. The lowest BCUT2D eigenvalue weighted by Crippen LogP contribution is -1.75. The van der Waals surface area contributed by atoms with Gasteiger partial charge in [0.05, 0.1) is 30.0 Å². The monoisotopic (exact) mass is 179 g/mol. The Balaban J connectivity index is 2.88. The maximum absolute atomic E-state index is 5.51. The zero-order valence-corrected chi connectivity index (χ0v) is 8.29. The van der Waals surface area contributed by atoms with Crippen molar-refractivity contribution < 1.29 is 4.42 Å². The molecule has 2 aromatic heterocycles. The number of rotatable bonds is 0. The van der Waals surface area contributed by atoms with Crippen LogP contribution in [0, 0.1) is 20.8 Å². The molecule has 2 rings (SSSR count). The molecular weight excluding hydrogens is 168 g/mol. The van der Waals surface area contributed by atoms with Gasteiger partial charge >= 0.3 is 11.5 Å². The van der Waals surface area contributed by atoms with Crippen molar-refractivity contribution in [3.8, 4) is 0 Å². The highest BCUT2D eigenvalue weighted by molar-refractivity contribution is 7.19. The van der Waals surface area contributed by atoms with Gasteiger partial charge in [-0.1, -0.05) is 0 Å². The van der Waals surface area contributed by atoms with Crippen molar-refractivity contribution in [1.29, 1.82) is 0 Å². The van der Waals surface area contributed by atoms with E-state index in [1.807, 2.05) is 25.2 Å². The Bertz CT molecular complexity index is 429. The SMILES string of the molecule is Cc1cc2sc(C)cc2c(C)[o+]1. The summed E-state index contributed by atoms with van der Waals surface area (Å²) in [5.41, 5.74) is 0. The molecule has 0 fully saturated rings. The second kappa shape index (κ2) is 2.56. The molecule has 0 aromatic carbocycles. The van der Waals surface area contributed by atoms with Gasteiger partial charge in [0.1, 0.15) is 0 Å². The molecule has 2 heteroatoms. The van der Waals surface area contributed by atoms with E-state index < -0.39 is 0 Å². The van der Waals surface area contributed by atoms with Gasteiger partial charge < -0.3 is 0 Å². The molecule has 0 saturated carbocycles. The molecular formula is C10H11OS+. The van der Waals surface area contributed by atoms with Crippen molar-refractivity contribution >= 4 is 21.4 Å². The molecule has 0 radical (unpaired) electrons. The number of fused-ring (bicyclic) bond motifs is 1. The normalized spacial score (nSPS) is 10.9. The Morgan fingerprint density at radius 3 is 2.67 bits per heavy atom. The van der Waals surface area contributed by atoms with Gasteiger partial charge in [0.15, 0.2) is 0 Å². The first kappa shape index (κ1) is 7.74. The van der Waals surface area contributed by atoms with Gasteiger partial charge in [-0.25, -0.2) is 4.42 Å². The van der Waals surface area contributed by atoms with Crippen LogP contribution in [0.4, 0.5) is 0 Å². The number of aryl methyl sites for hydroxylation is 3. The summed E-state index contributed by atoms with van der Waals surface area (Å²) in [4.78, 5) is 1.34. The Hall–Kier alpha value is -0.890. The van der Waals surface area contributed by atoms with Crippen LogP contribution >= 0.6 is 11.3 Å². The Labute approximate surface area is 75.7 Å². The van der Waals surface area contributed by atoms with E-state index in [-0.39, 0.29) is 0 Å². The number of thiophene rings is 1. The molecule has 0 aliphatic heterocycles. The lowest BCUT2D eigenvalue weighted by atomic mass is 10.2. The Morgan fingerprint density at radius 1 is 1.17 bits per heavy atom. The van der Waals surface area contributed by atoms with Gasteiger partial charge in [-0.2, -0.15) is 0 Å². The average molecular weight is 179 g/mol. The molecule has 0 amide bonds. The van der Waals surface area contributed by atoms with E-state index >= 15 is 0 Å². The van der Waals surface area contributed by atoms with E-state index in [1.165, 1.54) is 15.0 Å². The first-order valence-electron chi connectivity index (χ1n) is 3.97. The number of hydrogen-bond donors (Lipinski definition) is 0. The molecule has 0 unspecified atom stereocenters. The summed E-state index contributed by atoms with van der Waals surface area (Å²) in [7, 11) is 0. The zero-order chi connectivity index (χ0) is 8.72. The van der Waals surface area contributed by atoms with Crippen molar-refractivity contribution in [3.05, 3.63) is 28.5 Å². The summed E-state index contributed by atoms with van der Waals surface area (Å²) >= 11 is 1.82. The van der Waals surface area contributed by atoms with Gasteiger partial charge in [0, 0.05) is 4.88 Å². The molecule has 0 aliphatic carbocycles. The minimum Gasteiger partial charge on any atom is -0.218 e. The van der Waals surface area contributed by atoms with Crippen LogP contribution in [0.15, 0.2) is 16.5 Å². The predicted molar refractivity (Wildman–Crippen MR) is 52.7 cm³/mol. The van der Waals surface area contributed by atoms with Gasteiger partial charge in [-0.05, 0) is 13.0 Å². The van der Waals surface area contributed by atoms with Crippen LogP contribution < -0.4 is 0 Å². The molecule has 0 bridgehead atoms. The van der Waals surface area contributed by atoms with Gasteiger partial charge in [-0.3, -0.25) is 0 Å². The maximum atomic E-state index is 5.51. The smallest absolute Gasteiger partial charge is 0.218 e. The minimum atomic E-state index is 0.988. The summed E-state index contributed by atoms with van der Waals surface area (Å²) < 4.78 is 6.84. The first-order chi connectivity index (χ1) is 5.66. The third-order valence-electron chi connectivity index (χ3n) is 1.91. The van der Waals surface area contributed by atoms with Crippen molar-refractivity contribution in [1.82, 2.24) is 0 Å². The van der Waals surface area contributed by atoms with Crippen LogP contribution in [-0.4, -0.2) is 0 Å². The van der Waals surface area contributed by atoms with E-state index in [0.717, 1.165) is 11.5 Å². The van der Waals surface area contributed by atoms with Gasteiger partial charge in [-0.15, -0.1) is 11.3 Å². The lowest BCUT2D eigenvalue weighted by molar-refractivity contribution is 0.494. The van der Waals surface area contributed by atoms with Crippen molar-refractivity contribution in [2.24, 2.45) is 0 Å². The molecule has 62 valence electrons. The van der Waals surface area contributed by atoms with Crippen LogP contribution in [0.5, 0.6) is 0 Å². The van der Waals surface area contributed by atoms with E-state index in [0.29, 0.717) is 0 Å². The standard InChI is InChI=1S/C10H11OS/c1-6-4-10-9(8(3)11-6)5-7(2)12-10/h4-5H,1-3H3/q+1. The maximum Gasteiger partial charge on any atom is 0.335 e. The third kappa shape index (κ3) is 1.12. The molecule has 2 aromatic rings. The molecule has 12 heavy (non-hydrogen) atoms. The average Bonchev–Trinajstić information content (AvgIpc) is 2.29. The predicted octanol–water partition coefficient (Wildman–Crippen LogP) is 3.70. The van der Waals surface area contributed by atoms with Crippen LogP contribution in [0.3, 0.4) is 0 Å². The molecule has 0 atom stereocenters. The third-order valence-corrected chi connectivity index (χ3v) is 2.91. The van der Waals surface area contributed by atoms with Crippen LogP contribution in [-0.2, 0) is 0 Å². The highest BCUT2D eigenvalue weighted by atomic mass is 32.1. The second-order valence-electron chi connectivity index (χ2n) is 3.05. The quantitative estimate of drug-likeness (QED) is 0.561. The van der Waals surface area contributed by atoms with E-state index in [2.05, 4.69) is 19.1 Å². The fourth-order valence-corrected chi connectivity index (χ4v) is 2.49. The van der Waals surface area contributed by atoms with Crippen LogP contribution in [0.1, 0.15) is 16.4 Å². The summed E-state index contributed by atoms with van der Waals surface area (Å²) in [6, 6.07) is 4.28. The Kier molecular flexibility index (Phi) is 1.65. The summed E-state index contributed by atoms with van der Waals surface area (Å²) in [5.74, 6) is 2.01. The van der Waals surface area contributed by atoms with E-state index in [9.17, 15) is 0 Å². The molecule has 0 aliphatic rings. The summed E-state index contributed by atoms with van der Waals surface area (Å²) in [6.07, 6.45) is 0. The number of hydrogen-bond acceptors (Lipinski definition) is 1. The molecule has 2 heterocycles. The lowest BCUT2D eigenvalue weighted by Gasteiger charge is -1.84. The zero-order valence-electron chi connectivity index (χ0n) is 7.47. The van der Waals surface area contributed by atoms with Gasteiger partial charge in [0.2, 0.25) is 0 Å². The molecule has 0 N–H and O–H groups in total. The fourth-order valence-electron chi connectivity index (χ4n) is 1.43. The van der Waals surface area contributed by atoms with Crippen LogP contribution in [0.25, 0.3) is 10.1 Å². The molecule has 1 nitrogen and oxygen atoms in total. The first-order valence-corrected chi connectivity index (χ1v) is 4.79. The van der Waals surface area contributed by atoms with Gasteiger partial charge in [0.25, 0.3) is 0 Å².